The summed E-state index contributed by atoms with van der Waals surface area (Å²) in [6.07, 6.45) is -1.31. The summed E-state index contributed by atoms with van der Waals surface area (Å²) in [5, 5.41) is 16.5. The lowest BCUT2D eigenvalue weighted by Gasteiger charge is -2.13. The van der Waals surface area contributed by atoms with Crippen molar-refractivity contribution in [1.82, 2.24) is 0 Å². The summed E-state index contributed by atoms with van der Waals surface area (Å²) >= 11 is 0. The van der Waals surface area contributed by atoms with Crippen LogP contribution < -0.4 is 0 Å². The van der Waals surface area contributed by atoms with Crippen molar-refractivity contribution in [3.8, 4) is 0 Å². The van der Waals surface area contributed by atoms with Crippen LogP contribution in [0.15, 0.2) is 16.8 Å². The molecule has 0 radical (unpaired) electrons. The Bertz CT molecular complexity index is 307. The molecule has 0 fully saturated rings. The molecule has 0 saturated carbocycles. The third kappa shape index (κ3) is 3.13. The number of ether oxygens (including phenoxy) is 2. The van der Waals surface area contributed by atoms with Gasteiger partial charge in [0.05, 0.1) is 12.8 Å². The van der Waals surface area contributed by atoms with E-state index in [0.29, 0.717) is 0 Å². The van der Waals surface area contributed by atoms with Crippen molar-refractivity contribution in [1.29, 1.82) is 0 Å². The zero-order valence-electron chi connectivity index (χ0n) is 6.91. The van der Waals surface area contributed by atoms with Gasteiger partial charge in [0.2, 0.25) is 0 Å². The Balaban J connectivity index is 2.58. The van der Waals surface area contributed by atoms with Crippen molar-refractivity contribution in [2.24, 2.45) is 4.99 Å². The van der Waals surface area contributed by atoms with Gasteiger partial charge in [-0.25, -0.2) is 9.59 Å². The number of carboxylic acid groups (broad SMARTS) is 2. The van der Waals surface area contributed by atoms with Gasteiger partial charge >= 0.3 is 12.3 Å². The lowest BCUT2D eigenvalue weighted by atomic mass is 10.2. The van der Waals surface area contributed by atoms with Gasteiger partial charge in [0.1, 0.15) is 6.10 Å². The molecule has 1 heterocycles. The molecule has 76 valence electrons. The van der Waals surface area contributed by atoms with Gasteiger partial charge < -0.3 is 19.7 Å². The molecule has 0 aromatic heterocycles. The van der Waals surface area contributed by atoms with E-state index in [1.165, 1.54) is 12.3 Å². The number of carbonyl (C=O) groups is 2. The van der Waals surface area contributed by atoms with E-state index >= 15 is 0 Å². The summed E-state index contributed by atoms with van der Waals surface area (Å²) in [4.78, 5) is 23.9. The average molecular weight is 201 g/mol. The van der Waals surface area contributed by atoms with Crippen LogP contribution in [-0.2, 0) is 9.47 Å². The summed E-state index contributed by atoms with van der Waals surface area (Å²) in [6.45, 7) is 0.124. The second-order valence-corrected chi connectivity index (χ2v) is 2.35. The summed E-state index contributed by atoms with van der Waals surface area (Å²) in [5.74, 6) is -0.0463. The first kappa shape index (κ1) is 10.0. The lowest BCUT2D eigenvalue weighted by molar-refractivity contribution is 0.0699. The fourth-order valence-corrected chi connectivity index (χ4v) is 0.887. The Morgan fingerprint density at radius 2 is 2.14 bits per heavy atom. The largest absolute Gasteiger partial charge is 0.511 e. The highest BCUT2D eigenvalue weighted by molar-refractivity contribution is 5.80. The van der Waals surface area contributed by atoms with Crippen molar-refractivity contribution < 1.29 is 29.3 Å². The molecule has 0 spiro atoms. The van der Waals surface area contributed by atoms with Crippen LogP contribution >= 0.6 is 0 Å². The highest BCUT2D eigenvalue weighted by Crippen LogP contribution is 2.07. The number of allylic oxidation sites excluding steroid dienone is 1. The van der Waals surface area contributed by atoms with Crippen molar-refractivity contribution >= 4 is 18.5 Å². The summed E-state index contributed by atoms with van der Waals surface area (Å²) < 4.78 is 8.62. The van der Waals surface area contributed by atoms with Gasteiger partial charge in [-0.05, 0) is 0 Å². The molecule has 0 saturated heterocycles. The number of nitrogens with zero attached hydrogens (tertiary/aromatic N) is 1. The number of hydrogen-bond acceptors (Lipinski definition) is 5. The van der Waals surface area contributed by atoms with E-state index in [4.69, 9.17) is 10.2 Å². The van der Waals surface area contributed by atoms with Crippen molar-refractivity contribution in [3.05, 3.63) is 11.8 Å². The number of dihydropyridines is 1. The first-order valence-electron chi connectivity index (χ1n) is 3.60. The van der Waals surface area contributed by atoms with Crippen LogP contribution in [0.3, 0.4) is 0 Å². The van der Waals surface area contributed by atoms with Crippen molar-refractivity contribution in [2.75, 3.05) is 6.54 Å². The summed E-state index contributed by atoms with van der Waals surface area (Å²) in [6, 6.07) is 0. The van der Waals surface area contributed by atoms with Gasteiger partial charge in [0.15, 0.2) is 5.76 Å². The minimum Gasteiger partial charge on any atom is -0.450 e. The molecular weight excluding hydrogens is 194 g/mol. The quantitative estimate of drug-likeness (QED) is 0.637. The van der Waals surface area contributed by atoms with E-state index < -0.39 is 18.4 Å². The Morgan fingerprint density at radius 1 is 1.43 bits per heavy atom. The standard InChI is InChI=1S/C7H7NO6/c9-6(10)13-4-1-5(3-8-2-4)14-7(11)12/h1-2,5H,3H2,(H,9,10)(H,11,12). The third-order valence-corrected chi connectivity index (χ3v) is 1.31. The first-order valence-corrected chi connectivity index (χ1v) is 3.60. The molecule has 0 aromatic rings. The third-order valence-electron chi connectivity index (χ3n) is 1.31. The van der Waals surface area contributed by atoms with E-state index in [1.54, 1.807) is 0 Å². The fraction of sp³-hybridized carbons (Fsp3) is 0.286. The molecule has 0 aromatic carbocycles. The zero-order valence-corrected chi connectivity index (χ0v) is 6.91. The van der Waals surface area contributed by atoms with Crippen LogP contribution in [0.25, 0.3) is 0 Å². The van der Waals surface area contributed by atoms with Crippen LogP contribution in [0, 0.1) is 0 Å². The normalized spacial score (nSPS) is 19.7. The van der Waals surface area contributed by atoms with Gasteiger partial charge in [0, 0.05) is 6.08 Å². The monoisotopic (exact) mass is 201 g/mol. The lowest BCUT2D eigenvalue weighted by Crippen LogP contribution is -2.22. The van der Waals surface area contributed by atoms with Gasteiger partial charge in [0.25, 0.3) is 0 Å². The van der Waals surface area contributed by atoms with Gasteiger partial charge in [-0.3, -0.25) is 4.99 Å². The maximum atomic E-state index is 10.1. The van der Waals surface area contributed by atoms with Crippen LogP contribution in [0.4, 0.5) is 9.59 Å². The molecule has 0 amide bonds. The highest BCUT2D eigenvalue weighted by atomic mass is 16.7. The Morgan fingerprint density at radius 3 is 2.71 bits per heavy atom. The molecule has 1 aliphatic heterocycles. The zero-order chi connectivity index (χ0) is 10.6. The summed E-state index contributed by atoms with van der Waals surface area (Å²) in [5.41, 5.74) is 0. The van der Waals surface area contributed by atoms with Crippen LogP contribution in [0.2, 0.25) is 0 Å². The molecular formula is C7H7NO6. The van der Waals surface area contributed by atoms with Gasteiger partial charge in [-0.2, -0.15) is 0 Å². The molecule has 0 bridgehead atoms. The fourth-order valence-electron chi connectivity index (χ4n) is 0.887. The predicted octanol–water partition coefficient (Wildman–Crippen LogP) is 0.712. The molecule has 1 atom stereocenters. The molecule has 14 heavy (non-hydrogen) atoms. The van der Waals surface area contributed by atoms with E-state index in [-0.39, 0.29) is 12.3 Å². The Kier molecular flexibility index (Phi) is 3.05. The Hall–Kier alpha value is -2.05. The Labute approximate surface area is 78.3 Å². The molecule has 7 heteroatoms. The van der Waals surface area contributed by atoms with Crippen molar-refractivity contribution in [2.45, 2.75) is 6.10 Å². The molecule has 1 unspecified atom stereocenters. The van der Waals surface area contributed by atoms with Gasteiger partial charge in [-0.1, -0.05) is 0 Å². The van der Waals surface area contributed by atoms with Crippen LogP contribution in [0.1, 0.15) is 0 Å². The summed E-state index contributed by atoms with van der Waals surface area (Å²) in [7, 11) is 0. The minimum atomic E-state index is -1.49. The molecule has 1 rings (SSSR count). The van der Waals surface area contributed by atoms with E-state index in [1.807, 2.05) is 0 Å². The number of rotatable bonds is 2. The molecule has 1 aliphatic rings. The highest BCUT2D eigenvalue weighted by Gasteiger charge is 2.16. The minimum absolute atomic E-state index is 0.0463. The molecule has 2 N–H and O–H groups in total. The predicted molar refractivity (Wildman–Crippen MR) is 43.4 cm³/mol. The van der Waals surface area contributed by atoms with Crippen molar-refractivity contribution in [3.63, 3.8) is 0 Å². The average Bonchev–Trinajstić information content (AvgIpc) is 2.01. The number of hydrogen-bond donors (Lipinski definition) is 2. The maximum Gasteiger partial charge on any atom is 0.511 e. The second kappa shape index (κ2) is 4.26. The smallest absolute Gasteiger partial charge is 0.450 e. The van der Waals surface area contributed by atoms with E-state index in [0.717, 1.165) is 0 Å². The second-order valence-electron chi connectivity index (χ2n) is 2.35. The van der Waals surface area contributed by atoms with Crippen LogP contribution in [0.5, 0.6) is 0 Å². The molecule has 7 nitrogen and oxygen atoms in total. The maximum absolute atomic E-state index is 10.1. The van der Waals surface area contributed by atoms with Gasteiger partial charge in [-0.15, -0.1) is 0 Å². The topological polar surface area (TPSA) is 105 Å². The SMILES string of the molecule is O=C(O)OC1=CC(OC(=O)O)CN=C1. The van der Waals surface area contributed by atoms with E-state index in [2.05, 4.69) is 14.5 Å². The number of aliphatic imine (C=N–C) groups is 1. The molecule has 0 aliphatic carbocycles. The van der Waals surface area contributed by atoms with E-state index in [9.17, 15) is 9.59 Å². The van der Waals surface area contributed by atoms with Crippen LogP contribution in [-0.4, -0.2) is 41.4 Å². The first-order chi connectivity index (χ1) is 6.58.